The molecule has 1 aromatic carbocycles. The summed E-state index contributed by atoms with van der Waals surface area (Å²) in [5.74, 6) is -0.427. The molecule has 0 atom stereocenters. The van der Waals surface area contributed by atoms with Crippen LogP contribution in [0.3, 0.4) is 0 Å². The molecule has 7 nitrogen and oxygen atoms in total. The number of hydrogen-bond acceptors (Lipinski definition) is 6. The number of halogens is 3. The van der Waals surface area contributed by atoms with Crippen molar-refractivity contribution in [3.05, 3.63) is 36.0 Å². The second kappa shape index (κ2) is 9.42. The number of ether oxygens (including phenoxy) is 1. The van der Waals surface area contributed by atoms with Crippen LogP contribution in [0, 0.1) is 11.6 Å². The normalized spacial score (nSPS) is 22.2. The minimum Gasteiger partial charge on any atom is -0.381 e. The van der Waals surface area contributed by atoms with E-state index < -0.39 is 11.6 Å². The number of nitrogens with zero attached hydrogens (tertiary/aromatic N) is 4. The van der Waals surface area contributed by atoms with Crippen molar-refractivity contribution in [2.45, 2.75) is 54.5 Å². The van der Waals surface area contributed by atoms with Gasteiger partial charge < -0.3 is 15.4 Å². The fourth-order valence-electron chi connectivity index (χ4n) is 4.45. The van der Waals surface area contributed by atoms with Gasteiger partial charge in [0.15, 0.2) is 5.65 Å². The molecule has 2 N–H and O–H groups in total. The van der Waals surface area contributed by atoms with Crippen molar-refractivity contribution in [2.24, 2.45) is 0 Å². The summed E-state index contributed by atoms with van der Waals surface area (Å²) in [7, 11) is 0. The highest BCUT2D eigenvalue weighted by Crippen LogP contribution is 2.33. The molecule has 0 unspecified atom stereocenters. The lowest BCUT2D eigenvalue weighted by atomic mass is 9.96. The number of hydrogen-bond donors (Lipinski definition) is 2. The minimum absolute atomic E-state index is 0.0586. The monoisotopic (exact) mass is 554 g/mol. The van der Waals surface area contributed by atoms with E-state index in [2.05, 4.69) is 43.2 Å². The van der Waals surface area contributed by atoms with Gasteiger partial charge >= 0.3 is 0 Å². The molecule has 2 aromatic heterocycles. The first-order valence-corrected chi connectivity index (χ1v) is 12.3. The van der Waals surface area contributed by atoms with Crippen LogP contribution in [0.5, 0.6) is 0 Å². The van der Waals surface area contributed by atoms with Gasteiger partial charge in [0.05, 0.1) is 6.20 Å². The van der Waals surface area contributed by atoms with Crippen molar-refractivity contribution in [2.75, 3.05) is 23.8 Å². The van der Waals surface area contributed by atoms with Crippen molar-refractivity contribution >= 4 is 51.3 Å². The summed E-state index contributed by atoms with van der Waals surface area (Å²) < 4.78 is 36.8. The van der Waals surface area contributed by atoms with Crippen LogP contribution in [0.4, 0.5) is 26.4 Å². The number of rotatable bonds is 5. The predicted molar refractivity (Wildman–Crippen MR) is 128 cm³/mol. The molecule has 0 radical (unpaired) electrons. The molecule has 5 rings (SSSR count). The van der Waals surface area contributed by atoms with Crippen LogP contribution in [0.1, 0.15) is 44.6 Å². The summed E-state index contributed by atoms with van der Waals surface area (Å²) in [6.07, 6.45) is 7.76. The third kappa shape index (κ3) is 4.52. The van der Waals surface area contributed by atoms with Gasteiger partial charge in [0.25, 0.3) is 0 Å². The average Bonchev–Trinajstić information content (AvgIpc) is 3.16. The Kier molecular flexibility index (Phi) is 6.40. The molecule has 170 valence electrons. The summed E-state index contributed by atoms with van der Waals surface area (Å²) in [6, 6.07) is 4.19. The Morgan fingerprint density at radius 2 is 1.72 bits per heavy atom. The summed E-state index contributed by atoms with van der Waals surface area (Å²) >= 11 is 2.51. The van der Waals surface area contributed by atoms with E-state index >= 15 is 0 Å². The van der Waals surface area contributed by atoms with Gasteiger partial charge in [-0.3, -0.25) is 4.57 Å². The van der Waals surface area contributed by atoms with Gasteiger partial charge in [-0.25, -0.2) is 18.7 Å². The zero-order chi connectivity index (χ0) is 22.1. The van der Waals surface area contributed by atoms with Gasteiger partial charge in [-0.1, -0.05) is 28.7 Å². The summed E-state index contributed by atoms with van der Waals surface area (Å²) in [6.45, 7) is 1.24. The number of benzene rings is 1. The molecule has 32 heavy (non-hydrogen) atoms. The van der Waals surface area contributed by atoms with E-state index in [0.717, 1.165) is 29.6 Å². The molecule has 1 aliphatic heterocycles. The maximum Gasteiger partial charge on any atom is 0.224 e. The molecule has 3 aromatic rings. The van der Waals surface area contributed by atoms with Crippen molar-refractivity contribution in [3.63, 3.8) is 0 Å². The second-order valence-electron chi connectivity index (χ2n) is 8.37. The number of nitrogens with one attached hydrogen (secondary N) is 2. The summed E-state index contributed by atoms with van der Waals surface area (Å²) in [5.41, 5.74) is 1.01. The van der Waals surface area contributed by atoms with Crippen LogP contribution < -0.4 is 10.6 Å². The molecule has 1 aliphatic carbocycles. The molecule has 2 fully saturated rings. The van der Waals surface area contributed by atoms with Crippen molar-refractivity contribution in [1.82, 2.24) is 19.5 Å². The molecule has 2 aliphatic rings. The zero-order valence-electron chi connectivity index (χ0n) is 17.5. The minimum atomic E-state index is -0.671. The fraction of sp³-hybridized carbons (Fsp3) is 0.500. The largest absolute Gasteiger partial charge is 0.381 e. The average molecular weight is 554 g/mol. The molecule has 3 heterocycles. The van der Waals surface area contributed by atoms with Crippen molar-refractivity contribution in [3.8, 4) is 0 Å². The Morgan fingerprint density at radius 1 is 1.00 bits per heavy atom. The van der Waals surface area contributed by atoms with Crippen LogP contribution in [-0.2, 0) is 4.74 Å². The SMILES string of the molecule is Fc1cccc(F)c1Nc1nc2cnc(N[C@H]3CC[C@H](I)CC3)nc2n1C1CCOCC1. The number of fused-ring (bicyclic) bond motifs is 1. The number of anilines is 3. The van der Waals surface area contributed by atoms with Gasteiger partial charge in [0, 0.05) is 29.2 Å². The molecule has 1 saturated carbocycles. The standard InChI is InChI=1S/C22H25F2IN6O/c23-16-2-1-3-17(24)19(16)29-22-28-18-12-26-21(27-14-6-4-13(25)5-7-14)30-20(18)31(22)15-8-10-32-11-9-15/h1-3,12-15H,4-11H2,(H,28,29)(H,26,27,30)/t13-,14-. The van der Waals surface area contributed by atoms with Gasteiger partial charge in [0.1, 0.15) is 22.8 Å². The van der Waals surface area contributed by atoms with Crippen LogP contribution in [0.25, 0.3) is 11.2 Å². The quantitative estimate of drug-likeness (QED) is 0.327. The highest BCUT2D eigenvalue weighted by atomic mass is 127. The lowest BCUT2D eigenvalue weighted by molar-refractivity contribution is 0.0710. The first-order valence-electron chi connectivity index (χ1n) is 11.0. The highest BCUT2D eigenvalue weighted by molar-refractivity contribution is 14.1. The first-order chi connectivity index (χ1) is 15.6. The van der Waals surface area contributed by atoms with E-state index in [0.29, 0.717) is 42.3 Å². The van der Waals surface area contributed by atoms with Crippen molar-refractivity contribution < 1.29 is 13.5 Å². The van der Waals surface area contributed by atoms with E-state index in [1.54, 1.807) is 6.20 Å². The Hall–Kier alpha value is -2.08. The van der Waals surface area contributed by atoms with Gasteiger partial charge in [0.2, 0.25) is 11.9 Å². The Balaban J connectivity index is 1.51. The van der Waals surface area contributed by atoms with Gasteiger partial charge in [-0.2, -0.15) is 4.98 Å². The van der Waals surface area contributed by atoms with E-state index in [-0.39, 0.29) is 11.7 Å². The van der Waals surface area contributed by atoms with E-state index in [1.165, 1.54) is 31.0 Å². The van der Waals surface area contributed by atoms with Crippen LogP contribution in [-0.4, -0.2) is 42.7 Å². The fourth-order valence-corrected chi connectivity index (χ4v) is 5.17. The second-order valence-corrected chi connectivity index (χ2v) is 10.1. The van der Waals surface area contributed by atoms with Crippen molar-refractivity contribution in [1.29, 1.82) is 0 Å². The maximum atomic E-state index is 14.3. The van der Waals surface area contributed by atoms with Crippen LogP contribution >= 0.6 is 22.6 Å². The molecular weight excluding hydrogens is 529 g/mol. The number of para-hydroxylation sites is 1. The molecule has 1 saturated heterocycles. The predicted octanol–water partition coefficient (Wildman–Crippen LogP) is 5.36. The maximum absolute atomic E-state index is 14.3. The van der Waals surface area contributed by atoms with E-state index in [9.17, 15) is 8.78 Å². The smallest absolute Gasteiger partial charge is 0.224 e. The number of aromatic nitrogens is 4. The third-order valence-electron chi connectivity index (χ3n) is 6.18. The van der Waals surface area contributed by atoms with Gasteiger partial charge in [-0.15, -0.1) is 0 Å². The summed E-state index contributed by atoms with van der Waals surface area (Å²) in [4.78, 5) is 13.8. The topological polar surface area (TPSA) is 76.9 Å². The van der Waals surface area contributed by atoms with E-state index in [1.807, 2.05) is 4.57 Å². The zero-order valence-corrected chi connectivity index (χ0v) is 19.7. The van der Waals surface area contributed by atoms with Crippen LogP contribution in [0.15, 0.2) is 24.4 Å². The molecular formula is C22H25F2IN6O. The van der Waals surface area contributed by atoms with Crippen LogP contribution in [0.2, 0.25) is 0 Å². The third-order valence-corrected chi connectivity index (χ3v) is 7.42. The lowest BCUT2D eigenvalue weighted by Gasteiger charge is -2.26. The summed E-state index contributed by atoms with van der Waals surface area (Å²) in [5, 5.41) is 6.34. The number of imidazole rings is 1. The first kappa shape index (κ1) is 21.7. The van der Waals surface area contributed by atoms with E-state index in [4.69, 9.17) is 9.72 Å². The number of alkyl halides is 1. The Labute approximate surface area is 198 Å². The molecule has 10 heteroatoms. The molecule has 0 spiro atoms. The van der Waals surface area contributed by atoms with Gasteiger partial charge in [-0.05, 0) is 50.7 Å². The highest BCUT2D eigenvalue weighted by Gasteiger charge is 2.25. The lowest BCUT2D eigenvalue weighted by Crippen LogP contribution is -2.27. The molecule has 0 bridgehead atoms. The molecule has 0 amide bonds. The Bertz CT molecular complexity index is 1080. The Morgan fingerprint density at radius 3 is 2.44 bits per heavy atom.